The van der Waals surface area contributed by atoms with Gasteiger partial charge in [-0.05, 0) is 36.9 Å². The standard InChI is InChI=1S/C12H17NO4S2/c1-3-10(8-18-2)13-19(16,17)11-6-4-9(5-7-11)12(14)15/h4-7,10,13H,3,8H2,1-2H3,(H,14,15). The van der Waals surface area contributed by atoms with Gasteiger partial charge in [0.2, 0.25) is 10.0 Å². The van der Waals surface area contributed by atoms with Gasteiger partial charge >= 0.3 is 5.97 Å². The topological polar surface area (TPSA) is 83.5 Å². The average Bonchev–Trinajstić information content (AvgIpc) is 2.38. The van der Waals surface area contributed by atoms with Gasteiger partial charge in [-0.15, -0.1) is 0 Å². The molecule has 0 aliphatic carbocycles. The monoisotopic (exact) mass is 303 g/mol. The van der Waals surface area contributed by atoms with Crippen LogP contribution in [0.2, 0.25) is 0 Å². The summed E-state index contributed by atoms with van der Waals surface area (Å²) in [7, 11) is -3.59. The molecule has 0 spiro atoms. The number of carboxylic acids is 1. The summed E-state index contributed by atoms with van der Waals surface area (Å²) in [5, 5.41) is 8.76. The lowest BCUT2D eigenvalue weighted by Crippen LogP contribution is -2.36. The Bertz CT molecular complexity index is 525. The van der Waals surface area contributed by atoms with Gasteiger partial charge in [0.05, 0.1) is 10.5 Å². The predicted octanol–water partition coefficient (Wildman–Crippen LogP) is 1.80. The number of hydrogen-bond donors (Lipinski definition) is 2. The van der Waals surface area contributed by atoms with Crippen molar-refractivity contribution in [2.45, 2.75) is 24.3 Å². The Labute approximate surface area is 117 Å². The van der Waals surface area contributed by atoms with Gasteiger partial charge in [0.15, 0.2) is 0 Å². The number of nitrogens with one attached hydrogen (secondary N) is 1. The lowest BCUT2D eigenvalue weighted by Gasteiger charge is -2.15. The third kappa shape index (κ3) is 4.52. The van der Waals surface area contributed by atoms with Gasteiger partial charge in [-0.25, -0.2) is 17.9 Å². The van der Waals surface area contributed by atoms with Gasteiger partial charge in [-0.3, -0.25) is 0 Å². The third-order valence-electron chi connectivity index (χ3n) is 2.59. The second kappa shape index (κ2) is 6.93. The summed E-state index contributed by atoms with van der Waals surface area (Å²) in [5.41, 5.74) is 0.0649. The van der Waals surface area contributed by atoms with E-state index in [0.29, 0.717) is 12.2 Å². The molecule has 0 saturated carbocycles. The van der Waals surface area contributed by atoms with Crippen LogP contribution in [-0.4, -0.2) is 37.5 Å². The Morgan fingerprint density at radius 3 is 2.37 bits per heavy atom. The Morgan fingerprint density at radius 1 is 1.37 bits per heavy atom. The fourth-order valence-electron chi connectivity index (χ4n) is 1.50. The minimum atomic E-state index is -3.59. The van der Waals surface area contributed by atoms with Crippen molar-refractivity contribution in [2.75, 3.05) is 12.0 Å². The van der Waals surface area contributed by atoms with E-state index >= 15 is 0 Å². The largest absolute Gasteiger partial charge is 0.478 e. The number of carboxylic acid groups (broad SMARTS) is 1. The van der Waals surface area contributed by atoms with E-state index in [0.717, 1.165) is 0 Å². The molecule has 19 heavy (non-hydrogen) atoms. The number of benzene rings is 1. The molecule has 0 heterocycles. The molecule has 1 aromatic carbocycles. The van der Waals surface area contributed by atoms with E-state index in [-0.39, 0.29) is 16.5 Å². The zero-order valence-electron chi connectivity index (χ0n) is 10.8. The lowest BCUT2D eigenvalue weighted by atomic mass is 10.2. The average molecular weight is 303 g/mol. The molecule has 0 aromatic heterocycles. The van der Waals surface area contributed by atoms with Crippen molar-refractivity contribution in [3.8, 4) is 0 Å². The number of aromatic carboxylic acids is 1. The lowest BCUT2D eigenvalue weighted by molar-refractivity contribution is 0.0696. The molecule has 1 rings (SSSR count). The van der Waals surface area contributed by atoms with Crippen LogP contribution in [0.15, 0.2) is 29.2 Å². The van der Waals surface area contributed by atoms with Crippen molar-refractivity contribution < 1.29 is 18.3 Å². The molecule has 106 valence electrons. The van der Waals surface area contributed by atoms with Crippen molar-refractivity contribution >= 4 is 27.8 Å². The Morgan fingerprint density at radius 2 is 1.95 bits per heavy atom. The van der Waals surface area contributed by atoms with Crippen LogP contribution in [0.25, 0.3) is 0 Å². The number of hydrogen-bond acceptors (Lipinski definition) is 4. The van der Waals surface area contributed by atoms with Crippen molar-refractivity contribution in [3.63, 3.8) is 0 Å². The van der Waals surface area contributed by atoms with Crippen molar-refractivity contribution in [3.05, 3.63) is 29.8 Å². The van der Waals surface area contributed by atoms with E-state index in [1.54, 1.807) is 11.8 Å². The molecule has 0 saturated heterocycles. The molecule has 1 atom stereocenters. The van der Waals surface area contributed by atoms with Crippen molar-refractivity contribution in [1.29, 1.82) is 0 Å². The summed E-state index contributed by atoms with van der Waals surface area (Å²) < 4.78 is 26.8. The normalized spacial score (nSPS) is 13.2. The van der Waals surface area contributed by atoms with E-state index in [9.17, 15) is 13.2 Å². The molecular weight excluding hydrogens is 286 g/mol. The van der Waals surface area contributed by atoms with Gasteiger partial charge in [0.25, 0.3) is 0 Å². The van der Waals surface area contributed by atoms with Crippen LogP contribution < -0.4 is 4.72 Å². The fourth-order valence-corrected chi connectivity index (χ4v) is 3.65. The number of thioether (sulfide) groups is 1. The van der Waals surface area contributed by atoms with Gasteiger partial charge in [-0.1, -0.05) is 6.92 Å². The second-order valence-electron chi connectivity index (χ2n) is 4.01. The van der Waals surface area contributed by atoms with Crippen LogP contribution in [0.3, 0.4) is 0 Å². The van der Waals surface area contributed by atoms with Gasteiger partial charge in [0, 0.05) is 11.8 Å². The first kappa shape index (κ1) is 16.0. The van der Waals surface area contributed by atoms with Crippen LogP contribution >= 0.6 is 11.8 Å². The molecule has 5 nitrogen and oxygen atoms in total. The second-order valence-corrected chi connectivity index (χ2v) is 6.64. The molecular formula is C12H17NO4S2. The quantitative estimate of drug-likeness (QED) is 0.802. The summed E-state index contributed by atoms with van der Waals surface area (Å²) in [4.78, 5) is 10.8. The smallest absolute Gasteiger partial charge is 0.335 e. The molecule has 1 unspecified atom stereocenters. The van der Waals surface area contributed by atoms with Crippen molar-refractivity contribution in [2.24, 2.45) is 0 Å². The molecule has 0 radical (unpaired) electrons. The molecule has 0 aliphatic rings. The minimum absolute atomic E-state index is 0.0649. The molecule has 0 amide bonds. The van der Waals surface area contributed by atoms with E-state index in [1.807, 2.05) is 13.2 Å². The van der Waals surface area contributed by atoms with Crippen molar-refractivity contribution in [1.82, 2.24) is 4.72 Å². The maximum Gasteiger partial charge on any atom is 0.335 e. The Kier molecular flexibility index (Phi) is 5.84. The van der Waals surface area contributed by atoms with E-state index < -0.39 is 16.0 Å². The first-order valence-corrected chi connectivity index (χ1v) is 8.63. The van der Waals surface area contributed by atoms with Crippen LogP contribution in [0, 0.1) is 0 Å². The molecule has 2 N–H and O–H groups in total. The Balaban J connectivity index is 2.90. The van der Waals surface area contributed by atoms with Gasteiger partial charge in [-0.2, -0.15) is 11.8 Å². The first-order chi connectivity index (χ1) is 8.90. The highest BCUT2D eigenvalue weighted by Gasteiger charge is 2.19. The van der Waals surface area contributed by atoms with Gasteiger partial charge < -0.3 is 5.11 Å². The highest BCUT2D eigenvalue weighted by atomic mass is 32.2. The van der Waals surface area contributed by atoms with Gasteiger partial charge in [0.1, 0.15) is 0 Å². The Hall–Kier alpha value is -1.05. The van der Waals surface area contributed by atoms with Crippen LogP contribution in [-0.2, 0) is 10.0 Å². The summed E-state index contributed by atoms with van der Waals surface area (Å²) in [6, 6.07) is 5.05. The zero-order chi connectivity index (χ0) is 14.5. The highest BCUT2D eigenvalue weighted by molar-refractivity contribution is 7.98. The molecule has 0 fully saturated rings. The van der Waals surface area contributed by atoms with E-state index in [2.05, 4.69) is 4.72 Å². The molecule has 0 aliphatic heterocycles. The third-order valence-corrected chi connectivity index (χ3v) is 4.87. The summed E-state index contributed by atoms with van der Waals surface area (Å²) >= 11 is 1.57. The van der Waals surface area contributed by atoms with Crippen LogP contribution in [0.5, 0.6) is 0 Å². The summed E-state index contributed by atoms with van der Waals surface area (Å²) in [6.07, 6.45) is 2.62. The maximum atomic E-state index is 12.1. The first-order valence-electron chi connectivity index (χ1n) is 5.75. The number of rotatable bonds is 7. The van der Waals surface area contributed by atoms with E-state index in [4.69, 9.17) is 5.11 Å². The SMILES string of the molecule is CCC(CSC)NS(=O)(=O)c1ccc(C(=O)O)cc1. The molecule has 0 bridgehead atoms. The highest BCUT2D eigenvalue weighted by Crippen LogP contribution is 2.13. The maximum absolute atomic E-state index is 12.1. The van der Waals surface area contributed by atoms with Crippen LogP contribution in [0.1, 0.15) is 23.7 Å². The number of sulfonamides is 1. The van der Waals surface area contributed by atoms with Crippen LogP contribution in [0.4, 0.5) is 0 Å². The molecule has 1 aromatic rings. The summed E-state index contributed by atoms with van der Waals surface area (Å²) in [5.74, 6) is -0.381. The minimum Gasteiger partial charge on any atom is -0.478 e. The van der Waals surface area contributed by atoms with E-state index in [1.165, 1.54) is 24.3 Å². The number of carbonyl (C=O) groups is 1. The predicted molar refractivity (Wildman–Crippen MR) is 76.2 cm³/mol. The fraction of sp³-hybridized carbons (Fsp3) is 0.417. The summed E-state index contributed by atoms with van der Waals surface area (Å²) in [6.45, 7) is 1.91. The zero-order valence-corrected chi connectivity index (χ0v) is 12.4. The molecule has 7 heteroatoms.